The molecule has 9 heteroatoms. The molecule has 30 heavy (non-hydrogen) atoms. The van der Waals surface area contributed by atoms with Crippen LogP contribution in [0, 0.1) is 18.7 Å². The van der Waals surface area contributed by atoms with E-state index in [0.29, 0.717) is 29.3 Å². The molecule has 2 atom stereocenters. The lowest BCUT2D eigenvalue weighted by Crippen LogP contribution is -2.15. The summed E-state index contributed by atoms with van der Waals surface area (Å²) in [5.41, 5.74) is 3.83. The molecule has 6 rings (SSSR count). The van der Waals surface area contributed by atoms with Crippen LogP contribution in [0.2, 0.25) is 0 Å². The van der Waals surface area contributed by atoms with Gasteiger partial charge < -0.3 is 20.4 Å². The van der Waals surface area contributed by atoms with Crippen LogP contribution in [0.3, 0.4) is 0 Å². The van der Waals surface area contributed by atoms with Crippen molar-refractivity contribution >= 4 is 27.6 Å². The quantitative estimate of drug-likeness (QED) is 0.482. The van der Waals surface area contributed by atoms with Crippen LogP contribution in [-0.4, -0.2) is 45.1 Å². The molecule has 8 nitrogen and oxygen atoms in total. The van der Waals surface area contributed by atoms with Gasteiger partial charge in [0, 0.05) is 30.3 Å². The van der Waals surface area contributed by atoms with Gasteiger partial charge in [-0.3, -0.25) is 0 Å². The van der Waals surface area contributed by atoms with Gasteiger partial charge >= 0.3 is 6.01 Å². The zero-order chi connectivity index (χ0) is 20.4. The van der Waals surface area contributed by atoms with E-state index in [0.717, 1.165) is 40.6 Å². The number of rotatable bonds is 3. The van der Waals surface area contributed by atoms with Crippen LogP contribution >= 0.6 is 0 Å². The van der Waals surface area contributed by atoms with Crippen molar-refractivity contribution in [3.63, 3.8) is 0 Å². The number of aromatic nitrogens is 5. The number of halogens is 1. The highest BCUT2D eigenvalue weighted by Gasteiger charge is 2.37. The third-order valence-electron chi connectivity index (χ3n) is 6.18. The Morgan fingerprint density at radius 2 is 2.00 bits per heavy atom. The molecule has 1 saturated heterocycles. The molecule has 0 spiro atoms. The Hall–Kier alpha value is -3.33. The van der Waals surface area contributed by atoms with Gasteiger partial charge in [0.25, 0.3) is 0 Å². The minimum atomic E-state index is -0.191. The second kappa shape index (κ2) is 6.33. The van der Waals surface area contributed by atoms with Gasteiger partial charge in [0.2, 0.25) is 0 Å². The van der Waals surface area contributed by atoms with E-state index < -0.39 is 0 Å². The molecule has 152 valence electrons. The zero-order valence-corrected chi connectivity index (χ0v) is 16.6. The fourth-order valence-corrected chi connectivity index (χ4v) is 4.79. The molecule has 1 aromatic carbocycles. The van der Waals surface area contributed by atoms with Crippen molar-refractivity contribution in [3.05, 3.63) is 41.4 Å². The number of fused-ring (bicyclic) bond motifs is 2. The van der Waals surface area contributed by atoms with Crippen LogP contribution in [0.25, 0.3) is 21.9 Å². The Kier molecular flexibility index (Phi) is 3.70. The summed E-state index contributed by atoms with van der Waals surface area (Å²) in [6.07, 6.45) is 3.87. The second-order valence-corrected chi connectivity index (χ2v) is 7.92. The second-order valence-electron chi connectivity index (χ2n) is 7.92. The van der Waals surface area contributed by atoms with Crippen molar-refractivity contribution in [2.75, 3.05) is 25.5 Å². The van der Waals surface area contributed by atoms with Crippen molar-refractivity contribution < 1.29 is 9.13 Å². The molecule has 0 amide bonds. The molecular weight excluding hydrogens is 385 g/mol. The fourth-order valence-electron chi connectivity index (χ4n) is 4.79. The van der Waals surface area contributed by atoms with Gasteiger partial charge in [0.05, 0.1) is 29.3 Å². The number of hydrogen-bond acceptors (Lipinski definition) is 7. The molecule has 0 bridgehead atoms. The van der Waals surface area contributed by atoms with E-state index in [2.05, 4.69) is 30.6 Å². The van der Waals surface area contributed by atoms with Gasteiger partial charge in [-0.15, -0.1) is 0 Å². The molecule has 0 radical (unpaired) electrons. The van der Waals surface area contributed by atoms with Crippen molar-refractivity contribution in [3.8, 4) is 11.8 Å². The van der Waals surface area contributed by atoms with E-state index >= 15 is 4.39 Å². The molecule has 1 aliphatic carbocycles. The predicted molar refractivity (Wildman–Crippen MR) is 111 cm³/mol. The van der Waals surface area contributed by atoms with Crippen LogP contribution in [0.1, 0.15) is 23.0 Å². The highest BCUT2D eigenvalue weighted by atomic mass is 19.1. The monoisotopic (exact) mass is 405 g/mol. The molecular formula is C21H20FN7O. The van der Waals surface area contributed by atoms with E-state index in [4.69, 9.17) is 9.72 Å². The molecule has 3 N–H and O–H groups in total. The molecule has 1 aliphatic heterocycles. The number of benzene rings is 1. The Morgan fingerprint density at radius 3 is 2.80 bits per heavy atom. The normalized spacial score (nSPS) is 20.0. The van der Waals surface area contributed by atoms with Gasteiger partial charge in [0.1, 0.15) is 17.3 Å². The summed E-state index contributed by atoms with van der Waals surface area (Å²) < 4.78 is 21.0. The van der Waals surface area contributed by atoms with E-state index in [1.54, 1.807) is 25.5 Å². The van der Waals surface area contributed by atoms with E-state index in [1.807, 2.05) is 6.92 Å². The van der Waals surface area contributed by atoms with Gasteiger partial charge in [-0.2, -0.15) is 9.97 Å². The standard InChI is InChI=1S/C21H20FN7O/c1-9-25-6-11(7-26-9)30-21-28-18-13-8-24-5-10(13)3-12-14(22)4-15(23-2)19-16(12)17(18)20(27-19)29-21/h4,6-7,10,13,23-24H,3,5,8H2,1-2H3,(H,27,28,29). The third kappa shape index (κ3) is 2.48. The van der Waals surface area contributed by atoms with Gasteiger partial charge in [-0.25, -0.2) is 14.4 Å². The fraction of sp³-hybridized carbons (Fsp3) is 0.333. The first-order chi connectivity index (χ1) is 14.6. The first-order valence-electron chi connectivity index (χ1n) is 10.0. The highest BCUT2D eigenvalue weighted by Crippen LogP contribution is 2.45. The first-order valence-corrected chi connectivity index (χ1v) is 10.0. The number of H-pyrrole nitrogens is 1. The van der Waals surface area contributed by atoms with Crippen molar-refractivity contribution in [2.24, 2.45) is 5.92 Å². The SMILES string of the molecule is CNc1cc(F)c2c3c1[nH]c1nc(Oc4cnc(C)nc4)nc(c13)C1CNCC1C2. The molecule has 1 fully saturated rings. The van der Waals surface area contributed by atoms with Gasteiger partial charge in [0.15, 0.2) is 5.75 Å². The molecule has 3 aromatic heterocycles. The molecule has 0 saturated carbocycles. The van der Waals surface area contributed by atoms with Crippen LogP contribution in [0.5, 0.6) is 11.8 Å². The lowest BCUT2D eigenvalue weighted by Gasteiger charge is -2.17. The molecule has 4 aromatic rings. The summed E-state index contributed by atoms with van der Waals surface area (Å²) in [7, 11) is 1.79. The number of nitrogens with one attached hydrogen (secondary N) is 3. The summed E-state index contributed by atoms with van der Waals surface area (Å²) in [5, 5.41) is 8.30. The first kappa shape index (κ1) is 17.5. The molecule has 2 aliphatic rings. The maximum atomic E-state index is 15.1. The summed E-state index contributed by atoms with van der Waals surface area (Å²) in [6.45, 7) is 3.44. The number of nitrogens with zero attached hydrogens (tertiary/aromatic N) is 4. The highest BCUT2D eigenvalue weighted by molar-refractivity contribution is 6.13. The van der Waals surface area contributed by atoms with E-state index in [1.165, 1.54) is 0 Å². The number of aryl methyl sites for hydroxylation is 1. The summed E-state index contributed by atoms with van der Waals surface area (Å²) >= 11 is 0. The van der Waals surface area contributed by atoms with Crippen LogP contribution < -0.4 is 15.4 Å². The number of aromatic amines is 1. The number of hydrogen-bond donors (Lipinski definition) is 3. The average molecular weight is 405 g/mol. The number of ether oxygens (including phenoxy) is 1. The van der Waals surface area contributed by atoms with E-state index in [-0.39, 0.29) is 23.7 Å². The smallest absolute Gasteiger partial charge is 0.324 e. The van der Waals surface area contributed by atoms with Crippen molar-refractivity contribution in [1.29, 1.82) is 0 Å². The largest absolute Gasteiger partial charge is 0.421 e. The van der Waals surface area contributed by atoms with Crippen molar-refractivity contribution in [2.45, 2.75) is 19.3 Å². The van der Waals surface area contributed by atoms with Gasteiger partial charge in [-0.1, -0.05) is 0 Å². The van der Waals surface area contributed by atoms with E-state index in [9.17, 15) is 0 Å². The Morgan fingerprint density at radius 1 is 1.17 bits per heavy atom. The third-order valence-corrected chi connectivity index (χ3v) is 6.18. The Balaban J connectivity index is 1.62. The Labute approximate surface area is 171 Å². The summed E-state index contributed by atoms with van der Waals surface area (Å²) in [5.74, 6) is 1.37. The molecule has 2 unspecified atom stereocenters. The lowest BCUT2D eigenvalue weighted by atomic mass is 9.89. The minimum Gasteiger partial charge on any atom is -0.421 e. The van der Waals surface area contributed by atoms with Crippen LogP contribution in [0.4, 0.5) is 10.1 Å². The predicted octanol–water partition coefficient (Wildman–Crippen LogP) is 3.04. The van der Waals surface area contributed by atoms with Crippen LogP contribution in [0.15, 0.2) is 18.5 Å². The van der Waals surface area contributed by atoms with Gasteiger partial charge in [-0.05, 0) is 37.4 Å². The number of anilines is 1. The molecule has 4 heterocycles. The minimum absolute atomic E-state index is 0.163. The average Bonchev–Trinajstić information content (AvgIpc) is 3.32. The van der Waals surface area contributed by atoms with Crippen LogP contribution in [-0.2, 0) is 6.42 Å². The van der Waals surface area contributed by atoms with Crippen molar-refractivity contribution in [1.82, 2.24) is 30.2 Å². The summed E-state index contributed by atoms with van der Waals surface area (Å²) in [4.78, 5) is 21.1. The summed E-state index contributed by atoms with van der Waals surface area (Å²) in [6, 6.07) is 1.79. The topological polar surface area (TPSA) is 101 Å². The maximum absolute atomic E-state index is 15.1. The lowest BCUT2D eigenvalue weighted by molar-refractivity contribution is 0.430. The maximum Gasteiger partial charge on any atom is 0.324 e. The zero-order valence-electron chi connectivity index (χ0n) is 16.6. The Bertz CT molecular complexity index is 1300.